The number of hydrazone groups is 1. The number of allylic oxidation sites excluding steroid dienone is 1. The Morgan fingerprint density at radius 1 is 1.29 bits per heavy atom. The van der Waals surface area contributed by atoms with Gasteiger partial charge >= 0.3 is 0 Å². The lowest BCUT2D eigenvalue weighted by Crippen LogP contribution is -2.54. The number of aliphatic hydroxyl groups excluding tert-OH is 1. The van der Waals surface area contributed by atoms with Crippen molar-refractivity contribution in [3.63, 3.8) is 0 Å². The Bertz CT molecular complexity index is 1160. The predicted molar refractivity (Wildman–Crippen MR) is 132 cm³/mol. The SMILES string of the molecule is C=NN(/C(O)=C(\C)c1ccc(C#N)cc1C)c1ccc(C(=O)N2CCN(C3CC3)[C@@H](C)C2)cn1. The van der Waals surface area contributed by atoms with Gasteiger partial charge in [-0.15, -0.1) is 0 Å². The topological polar surface area (TPSA) is 96.1 Å². The zero-order valence-electron chi connectivity index (χ0n) is 19.9. The van der Waals surface area contributed by atoms with Gasteiger partial charge in [-0.3, -0.25) is 9.69 Å². The minimum atomic E-state index is -0.126. The average Bonchev–Trinajstić information content (AvgIpc) is 3.69. The van der Waals surface area contributed by atoms with E-state index in [1.54, 1.807) is 37.3 Å². The minimum Gasteiger partial charge on any atom is -0.493 e. The molecule has 1 aromatic heterocycles. The number of nitriles is 1. The number of aryl methyl sites for hydroxylation is 1. The molecule has 2 aromatic rings. The molecule has 8 heteroatoms. The number of nitrogens with zero attached hydrogens (tertiary/aromatic N) is 6. The van der Waals surface area contributed by atoms with Crippen molar-refractivity contribution in [2.45, 2.75) is 45.7 Å². The second-order valence-corrected chi connectivity index (χ2v) is 9.02. The van der Waals surface area contributed by atoms with E-state index in [9.17, 15) is 9.90 Å². The third kappa shape index (κ3) is 4.66. The fraction of sp³-hybridized carbons (Fsp3) is 0.385. The second-order valence-electron chi connectivity index (χ2n) is 9.02. The number of rotatable bonds is 6. The number of pyridine rings is 1. The van der Waals surface area contributed by atoms with Crippen LogP contribution in [-0.4, -0.2) is 64.2 Å². The van der Waals surface area contributed by atoms with Gasteiger partial charge in [-0.2, -0.15) is 15.4 Å². The first-order valence-electron chi connectivity index (χ1n) is 11.5. The van der Waals surface area contributed by atoms with Crippen LogP contribution in [0.5, 0.6) is 0 Å². The van der Waals surface area contributed by atoms with E-state index in [4.69, 9.17) is 5.26 Å². The summed E-state index contributed by atoms with van der Waals surface area (Å²) in [5, 5.41) is 25.2. The molecule has 1 N–H and O–H groups in total. The van der Waals surface area contributed by atoms with Crippen LogP contribution in [0, 0.1) is 18.3 Å². The van der Waals surface area contributed by atoms with Crippen molar-refractivity contribution in [2.75, 3.05) is 24.6 Å². The smallest absolute Gasteiger partial charge is 0.255 e. The maximum Gasteiger partial charge on any atom is 0.255 e. The van der Waals surface area contributed by atoms with Gasteiger partial charge < -0.3 is 10.0 Å². The standard InChI is InChI=1S/C26H30N6O2/c1-17-13-20(14-27)5-9-23(17)19(3)25(33)32(28-4)24-10-6-21(15-29-24)26(34)30-11-12-31(18(2)16-30)22-7-8-22/h5-6,9-10,13,15,18,22,33H,4,7-8,11-12,16H2,1-3H3/b25-19-/t18-/m0/s1. The Morgan fingerprint density at radius 2 is 2.06 bits per heavy atom. The molecule has 2 aliphatic rings. The van der Waals surface area contributed by atoms with E-state index in [1.165, 1.54) is 24.0 Å². The van der Waals surface area contributed by atoms with E-state index in [1.807, 2.05) is 11.8 Å². The molecule has 2 fully saturated rings. The lowest BCUT2D eigenvalue weighted by atomic mass is 10.00. The number of carbonyl (C=O) groups is 1. The van der Waals surface area contributed by atoms with E-state index in [2.05, 4.69) is 34.7 Å². The van der Waals surface area contributed by atoms with Crippen LogP contribution in [0.15, 0.2) is 47.5 Å². The number of anilines is 1. The molecule has 8 nitrogen and oxygen atoms in total. The van der Waals surface area contributed by atoms with E-state index >= 15 is 0 Å². The fourth-order valence-electron chi connectivity index (χ4n) is 4.61. The predicted octanol–water partition coefficient (Wildman–Crippen LogP) is 3.94. The Hall–Kier alpha value is -3.70. The third-order valence-corrected chi connectivity index (χ3v) is 6.63. The Kier molecular flexibility index (Phi) is 6.66. The van der Waals surface area contributed by atoms with Gasteiger partial charge in [-0.25, -0.2) is 4.98 Å². The molecule has 1 saturated carbocycles. The summed E-state index contributed by atoms with van der Waals surface area (Å²) in [6, 6.07) is 11.8. The van der Waals surface area contributed by atoms with Crippen LogP contribution >= 0.6 is 0 Å². The van der Waals surface area contributed by atoms with Gasteiger partial charge in [-0.1, -0.05) is 6.07 Å². The Morgan fingerprint density at radius 3 is 2.62 bits per heavy atom. The van der Waals surface area contributed by atoms with Crippen LogP contribution in [0.2, 0.25) is 0 Å². The van der Waals surface area contributed by atoms with Crippen LogP contribution in [0.25, 0.3) is 5.57 Å². The molecule has 0 radical (unpaired) electrons. The van der Waals surface area contributed by atoms with Crippen molar-refractivity contribution in [1.29, 1.82) is 5.26 Å². The van der Waals surface area contributed by atoms with E-state index < -0.39 is 0 Å². The lowest BCUT2D eigenvalue weighted by Gasteiger charge is -2.40. The highest BCUT2D eigenvalue weighted by Gasteiger charge is 2.36. The number of benzene rings is 1. The monoisotopic (exact) mass is 458 g/mol. The van der Waals surface area contributed by atoms with Gasteiger partial charge in [0.15, 0.2) is 5.82 Å². The molecular formula is C26H30N6O2. The zero-order valence-corrected chi connectivity index (χ0v) is 19.9. The van der Waals surface area contributed by atoms with Gasteiger partial charge in [0.25, 0.3) is 5.91 Å². The summed E-state index contributed by atoms with van der Waals surface area (Å²) < 4.78 is 0. The fourth-order valence-corrected chi connectivity index (χ4v) is 4.61. The average molecular weight is 459 g/mol. The molecule has 1 atom stereocenters. The molecule has 1 aromatic carbocycles. The summed E-state index contributed by atoms with van der Waals surface area (Å²) in [5.74, 6) is 0.185. The van der Waals surface area contributed by atoms with Gasteiger partial charge in [0, 0.05) is 50.2 Å². The minimum absolute atomic E-state index is 0.0383. The van der Waals surface area contributed by atoms with Gasteiger partial charge in [0.1, 0.15) is 0 Å². The molecule has 0 unspecified atom stereocenters. The molecule has 0 spiro atoms. The normalized spacial score (nSPS) is 19.2. The van der Waals surface area contributed by atoms with Crippen LogP contribution in [0.3, 0.4) is 0 Å². The largest absolute Gasteiger partial charge is 0.493 e. The maximum atomic E-state index is 13.0. The number of hydrogen-bond acceptors (Lipinski definition) is 7. The number of piperazine rings is 1. The van der Waals surface area contributed by atoms with Crippen molar-refractivity contribution >= 4 is 24.0 Å². The summed E-state index contributed by atoms with van der Waals surface area (Å²) in [5.41, 5.74) is 3.27. The summed E-state index contributed by atoms with van der Waals surface area (Å²) >= 11 is 0. The van der Waals surface area contributed by atoms with Crippen molar-refractivity contribution in [3.05, 3.63) is 64.7 Å². The quantitative estimate of drug-likeness (QED) is 0.400. The van der Waals surface area contributed by atoms with Crippen LogP contribution < -0.4 is 5.01 Å². The van der Waals surface area contributed by atoms with Crippen molar-refractivity contribution in [2.24, 2.45) is 5.10 Å². The van der Waals surface area contributed by atoms with Crippen molar-refractivity contribution < 1.29 is 9.90 Å². The van der Waals surface area contributed by atoms with E-state index in [0.717, 1.165) is 17.7 Å². The molecule has 1 amide bonds. The molecule has 1 aliphatic heterocycles. The number of aliphatic hydroxyl groups is 1. The highest BCUT2D eigenvalue weighted by atomic mass is 16.3. The van der Waals surface area contributed by atoms with E-state index in [0.29, 0.717) is 47.7 Å². The molecule has 4 rings (SSSR count). The summed E-state index contributed by atoms with van der Waals surface area (Å²) in [7, 11) is 0. The van der Waals surface area contributed by atoms with Crippen molar-refractivity contribution in [1.82, 2.24) is 14.8 Å². The first-order chi connectivity index (χ1) is 16.3. The first kappa shape index (κ1) is 23.5. The second kappa shape index (κ2) is 9.65. The highest BCUT2D eigenvalue weighted by molar-refractivity contribution is 5.94. The zero-order chi connectivity index (χ0) is 24.4. The Labute approximate surface area is 200 Å². The number of carbonyl (C=O) groups excluding carboxylic acids is 1. The molecular weight excluding hydrogens is 428 g/mol. The Balaban J connectivity index is 1.50. The highest BCUT2D eigenvalue weighted by Crippen LogP contribution is 2.30. The molecule has 1 aliphatic carbocycles. The van der Waals surface area contributed by atoms with Crippen LogP contribution in [0.4, 0.5) is 5.82 Å². The third-order valence-electron chi connectivity index (χ3n) is 6.63. The summed E-state index contributed by atoms with van der Waals surface area (Å²) in [6.45, 7) is 11.7. The molecule has 34 heavy (non-hydrogen) atoms. The number of hydrogen-bond donors (Lipinski definition) is 1. The van der Waals surface area contributed by atoms with Gasteiger partial charge in [0.2, 0.25) is 5.88 Å². The first-order valence-corrected chi connectivity index (χ1v) is 11.5. The molecule has 1 saturated heterocycles. The van der Waals surface area contributed by atoms with Gasteiger partial charge in [0.05, 0.1) is 17.2 Å². The maximum absolute atomic E-state index is 13.0. The van der Waals surface area contributed by atoms with Crippen molar-refractivity contribution in [3.8, 4) is 6.07 Å². The number of aromatic nitrogens is 1. The number of amides is 1. The molecule has 2 heterocycles. The lowest BCUT2D eigenvalue weighted by molar-refractivity contribution is 0.0493. The summed E-state index contributed by atoms with van der Waals surface area (Å²) in [4.78, 5) is 21.8. The van der Waals surface area contributed by atoms with Crippen LogP contribution in [0.1, 0.15) is 53.7 Å². The van der Waals surface area contributed by atoms with Crippen LogP contribution in [-0.2, 0) is 0 Å². The molecule has 0 bridgehead atoms. The molecule has 176 valence electrons. The van der Waals surface area contributed by atoms with E-state index in [-0.39, 0.29) is 11.8 Å². The van der Waals surface area contributed by atoms with Gasteiger partial charge in [-0.05, 0) is 69.0 Å². The summed E-state index contributed by atoms with van der Waals surface area (Å²) in [6.07, 6.45) is 4.05.